The molecule has 3 heterocycles. The first kappa shape index (κ1) is 26.4. The molecule has 1 saturated carbocycles. The zero-order chi connectivity index (χ0) is 27.4. The fraction of sp³-hybridized carbons (Fsp3) is 0.333. The van der Waals surface area contributed by atoms with Gasteiger partial charge in [0.25, 0.3) is 5.91 Å². The third-order valence-electron chi connectivity index (χ3n) is 6.65. The minimum atomic E-state index is -0.407. The van der Waals surface area contributed by atoms with Crippen LogP contribution in [0, 0.1) is 0 Å². The van der Waals surface area contributed by atoms with Gasteiger partial charge in [-0.05, 0) is 37.6 Å². The van der Waals surface area contributed by atoms with Gasteiger partial charge in [0, 0.05) is 49.9 Å². The molecule has 1 fully saturated rings. The van der Waals surface area contributed by atoms with Crippen LogP contribution in [-0.4, -0.2) is 46.9 Å². The lowest BCUT2D eigenvalue weighted by Gasteiger charge is -2.35. The average molecular weight is 528 g/mol. The maximum atomic E-state index is 13.5. The number of allylic oxidation sites excluding steroid dienone is 1. The van der Waals surface area contributed by atoms with Crippen molar-refractivity contribution < 1.29 is 19.0 Å². The molecule has 1 aromatic carbocycles. The lowest BCUT2D eigenvalue weighted by molar-refractivity contribution is -0.0697. The maximum absolute atomic E-state index is 13.5. The summed E-state index contributed by atoms with van der Waals surface area (Å²) in [6, 6.07) is 17.2. The number of anilines is 1. The summed E-state index contributed by atoms with van der Waals surface area (Å²) in [6.07, 6.45) is 5.11. The number of carbonyl (C=O) groups excluding carboxylic acids is 1. The van der Waals surface area contributed by atoms with E-state index in [9.17, 15) is 4.79 Å². The molecule has 1 aliphatic heterocycles. The van der Waals surface area contributed by atoms with Crippen molar-refractivity contribution in [3.8, 4) is 11.8 Å². The molecule has 0 bridgehead atoms. The summed E-state index contributed by atoms with van der Waals surface area (Å²) in [6.45, 7) is 4.55. The monoisotopic (exact) mass is 527 g/mol. The molecule has 39 heavy (non-hydrogen) atoms. The summed E-state index contributed by atoms with van der Waals surface area (Å²) >= 11 is 0. The van der Waals surface area contributed by atoms with Gasteiger partial charge in [-0.2, -0.15) is 4.98 Å². The number of fused-ring (bicyclic) bond motifs is 1. The highest BCUT2D eigenvalue weighted by molar-refractivity contribution is 6.09. The van der Waals surface area contributed by atoms with E-state index in [-0.39, 0.29) is 24.0 Å². The van der Waals surface area contributed by atoms with Gasteiger partial charge in [-0.25, -0.2) is 4.98 Å². The third kappa shape index (κ3) is 6.26. The minimum absolute atomic E-state index is 0.0977. The predicted octanol–water partition coefficient (Wildman–Crippen LogP) is 4.57. The van der Waals surface area contributed by atoms with Crippen LogP contribution < -0.4 is 20.5 Å². The minimum Gasteiger partial charge on any atom is -0.473 e. The second-order valence-electron chi connectivity index (χ2n) is 10.3. The molecule has 0 unspecified atom stereocenters. The first-order valence-corrected chi connectivity index (χ1v) is 13.0. The van der Waals surface area contributed by atoms with Crippen molar-refractivity contribution in [1.29, 1.82) is 0 Å². The van der Waals surface area contributed by atoms with Crippen LogP contribution in [0.25, 0.3) is 5.57 Å². The fourth-order valence-corrected chi connectivity index (χ4v) is 4.62. The Morgan fingerprint density at radius 3 is 2.69 bits per heavy atom. The van der Waals surface area contributed by atoms with Crippen LogP contribution in [0.15, 0.2) is 65.8 Å². The van der Waals surface area contributed by atoms with Crippen molar-refractivity contribution in [2.45, 2.75) is 57.5 Å². The number of pyridine rings is 2. The standard InChI is InChI=1S/C30H33N5O4/c1-30(2)15-20-12-24(27(36)34-26-11-7-10-25(33-26)21(16-31)17-32-3)29(35-28(20)39-30)38-23-13-22(14-23)37-18-19-8-5-4-6-9-19/h4-12,16-17,22-23H,13-15,18,31H2,1-3H3,(H,33,34,36). The number of hydrogen-bond donors (Lipinski definition) is 2. The Morgan fingerprint density at radius 2 is 1.95 bits per heavy atom. The Labute approximate surface area is 228 Å². The average Bonchev–Trinajstić information content (AvgIpc) is 3.21. The molecular formula is C30H33N5O4. The molecule has 0 atom stereocenters. The van der Waals surface area contributed by atoms with E-state index in [1.165, 1.54) is 6.20 Å². The number of nitrogens with zero attached hydrogens (tertiary/aromatic N) is 3. The summed E-state index contributed by atoms with van der Waals surface area (Å²) in [7, 11) is 1.65. The fourth-order valence-electron chi connectivity index (χ4n) is 4.62. The summed E-state index contributed by atoms with van der Waals surface area (Å²) < 4.78 is 18.3. The number of benzene rings is 1. The zero-order valence-electron chi connectivity index (χ0n) is 22.4. The van der Waals surface area contributed by atoms with Crippen LogP contribution in [0.3, 0.4) is 0 Å². The highest BCUT2D eigenvalue weighted by atomic mass is 16.5. The van der Waals surface area contributed by atoms with Gasteiger partial charge in [0.2, 0.25) is 11.8 Å². The SMILES string of the molecule is CN=CC(=CN)c1cccc(NC(=O)c2cc3c(nc2OC2CC(OCc4ccccc4)C2)OC(C)(C)C3)n1. The van der Waals surface area contributed by atoms with Crippen molar-refractivity contribution in [3.63, 3.8) is 0 Å². The molecule has 2 aromatic heterocycles. The molecule has 0 radical (unpaired) electrons. The molecule has 202 valence electrons. The molecule has 1 amide bonds. The van der Waals surface area contributed by atoms with Gasteiger partial charge in [0.15, 0.2) is 0 Å². The number of hydrogen-bond acceptors (Lipinski definition) is 8. The normalized spacial score (nSPS) is 19.7. The molecule has 0 saturated heterocycles. The van der Waals surface area contributed by atoms with E-state index in [1.54, 1.807) is 31.5 Å². The molecule has 1 aliphatic carbocycles. The molecule has 9 heteroatoms. The van der Waals surface area contributed by atoms with Crippen molar-refractivity contribution >= 4 is 23.5 Å². The van der Waals surface area contributed by atoms with Crippen LogP contribution in [0.5, 0.6) is 11.8 Å². The summed E-state index contributed by atoms with van der Waals surface area (Å²) in [5, 5.41) is 2.88. The van der Waals surface area contributed by atoms with Gasteiger partial charge in [0.1, 0.15) is 23.1 Å². The van der Waals surface area contributed by atoms with Gasteiger partial charge in [0.05, 0.1) is 18.4 Å². The number of aromatic nitrogens is 2. The van der Waals surface area contributed by atoms with E-state index in [2.05, 4.69) is 20.3 Å². The van der Waals surface area contributed by atoms with Gasteiger partial charge in [-0.15, -0.1) is 0 Å². The molecule has 3 aromatic rings. The second-order valence-corrected chi connectivity index (χ2v) is 10.3. The largest absolute Gasteiger partial charge is 0.473 e. The first-order valence-electron chi connectivity index (χ1n) is 13.0. The van der Waals surface area contributed by atoms with Crippen molar-refractivity contribution in [3.05, 3.63) is 83.2 Å². The predicted molar refractivity (Wildman–Crippen MR) is 150 cm³/mol. The Hall–Kier alpha value is -4.24. The Balaban J connectivity index is 1.31. The number of nitrogens with two attached hydrogens (primary N) is 1. The Kier molecular flexibility index (Phi) is 7.60. The quantitative estimate of drug-likeness (QED) is 0.391. The van der Waals surface area contributed by atoms with E-state index in [0.29, 0.717) is 41.6 Å². The van der Waals surface area contributed by atoms with Crippen LogP contribution in [0.1, 0.15) is 53.9 Å². The number of nitrogens with one attached hydrogen (secondary N) is 1. The lowest BCUT2D eigenvalue weighted by Crippen LogP contribution is -2.40. The van der Waals surface area contributed by atoms with Crippen LogP contribution in [0.4, 0.5) is 5.82 Å². The molecule has 9 nitrogen and oxygen atoms in total. The van der Waals surface area contributed by atoms with E-state index in [1.807, 2.05) is 50.2 Å². The van der Waals surface area contributed by atoms with Crippen molar-refractivity contribution in [1.82, 2.24) is 9.97 Å². The summed E-state index contributed by atoms with van der Waals surface area (Å²) in [5.74, 6) is 0.752. The smallest absolute Gasteiger partial charge is 0.262 e. The lowest BCUT2D eigenvalue weighted by atomic mass is 9.92. The Morgan fingerprint density at radius 1 is 1.15 bits per heavy atom. The third-order valence-corrected chi connectivity index (χ3v) is 6.65. The second kappa shape index (κ2) is 11.2. The maximum Gasteiger partial charge on any atom is 0.262 e. The summed E-state index contributed by atoms with van der Waals surface area (Å²) in [4.78, 5) is 26.6. The number of aliphatic imine (C=N–C) groups is 1. The zero-order valence-corrected chi connectivity index (χ0v) is 22.4. The van der Waals surface area contributed by atoms with E-state index in [4.69, 9.17) is 19.9 Å². The van der Waals surface area contributed by atoms with E-state index in [0.717, 1.165) is 24.0 Å². The Bertz CT molecular complexity index is 1400. The molecular weight excluding hydrogens is 494 g/mol. The highest BCUT2D eigenvalue weighted by Crippen LogP contribution is 2.38. The van der Waals surface area contributed by atoms with Crippen molar-refractivity contribution in [2.75, 3.05) is 12.4 Å². The van der Waals surface area contributed by atoms with Gasteiger partial charge >= 0.3 is 0 Å². The van der Waals surface area contributed by atoms with E-state index >= 15 is 0 Å². The first-order chi connectivity index (χ1) is 18.8. The molecule has 2 aliphatic rings. The number of carbonyl (C=O) groups is 1. The van der Waals surface area contributed by atoms with Crippen LogP contribution in [0.2, 0.25) is 0 Å². The highest BCUT2D eigenvalue weighted by Gasteiger charge is 2.36. The number of rotatable bonds is 9. The van der Waals surface area contributed by atoms with Crippen LogP contribution >= 0.6 is 0 Å². The molecule has 3 N–H and O–H groups in total. The van der Waals surface area contributed by atoms with Gasteiger partial charge in [-0.1, -0.05) is 36.4 Å². The van der Waals surface area contributed by atoms with Crippen LogP contribution in [-0.2, 0) is 17.8 Å². The van der Waals surface area contributed by atoms with Gasteiger partial charge < -0.3 is 25.3 Å². The topological polar surface area (TPSA) is 121 Å². The number of amides is 1. The summed E-state index contributed by atoms with van der Waals surface area (Å²) in [5.41, 5.74) is 8.89. The van der Waals surface area contributed by atoms with Crippen molar-refractivity contribution in [2.24, 2.45) is 10.7 Å². The molecule has 5 rings (SSSR count). The van der Waals surface area contributed by atoms with E-state index < -0.39 is 5.60 Å². The molecule has 0 spiro atoms. The number of ether oxygens (including phenoxy) is 3. The van der Waals surface area contributed by atoms with Gasteiger partial charge in [-0.3, -0.25) is 9.79 Å².